The van der Waals surface area contributed by atoms with Gasteiger partial charge in [-0.2, -0.15) is 0 Å². The van der Waals surface area contributed by atoms with E-state index in [-0.39, 0.29) is 11.8 Å². The van der Waals surface area contributed by atoms with Crippen LogP contribution in [0.25, 0.3) is 0 Å². The number of imidazole rings is 1. The van der Waals surface area contributed by atoms with Crippen molar-refractivity contribution >= 4 is 23.5 Å². The molecule has 0 aromatic carbocycles. The molecule has 0 aliphatic carbocycles. The van der Waals surface area contributed by atoms with E-state index >= 15 is 0 Å². The van der Waals surface area contributed by atoms with E-state index < -0.39 is 5.92 Å². The molecule has 3 aromatic heterocycles. The first-order chi connectivity index (χ1) is 15.0. The molecule has 2 amide bonds. The summed E-state index contributed by atoms with van der Waals surface area (Å²) in [4.78, 5) is 42.2. The number of H-pyrrole nitrogens is 1. The van der Waals surface area contributed by atoms with Gasteiger partial charge in [0.25, 0.3) is 11.8 Å². The molecule has 0 saturated heterocycles. The van der Waals surface area contributed by atoms with Crippen LogP contribution < -0.4 is 16.0 Å². The lowest BCUT2D eigenvalue weighted by atomic mass is 9.83. The highest BCUT2D eigenvalue weighted by molar-refractivity contribution is 6.11. The van der Waals surface area contributed by atoms with Crippen LogP contribution in [-0.4, -0.2) is 31.8 Å². The quantitative estimate of drug-likeness (QED) is 0.508. The number of hydrogen-bond acceptors (Lipinski definition) is 6. The molecular formula is C22H21N7O2. The van der Waals surface area contributed by atoms with E-state index in [9.17, 15) is 9.59 Å². The minimum absolute atomic E-state index is 0.373. The summed E-state index contributed by atoms with van der Waals surface area (Å²) in [6, 6.07) is 10.5. The number of nitrogens with zero attached hydrogens (tertiary/aromatic N) is 3. The number of anilines is 2. The predicted molar refractivity (Wildman–Crippen MR) is 116 cm³/mol. The molecule has 1 aliphatic heterocycles. The molecule has 4 N–H and O–H groups in total. The Hall–Kier alpha value is -4.27. The van der Waals surface area contributed by atoms with Crippen molar-refractivity contribution in [2.45, 2.75) is 19.8 Å². The number of carbonyl (C=O) groups is 2. The zero-order valence-electron chi connectivity index (χ0n) is 17.0. The average molecular weight is 415 g/mol. The summed E-state index contributed by atoms with van der Waals surface area (Å²) in [7, 11) is 0. The number of allylic oxidation sites excluding steroid dienone is 2. The van der Waals surface area contributed by atoms with E-state index in [1.54, 1.807) is 75.0 Å². The van der Waals surface area contributed by atoms with E-state index in [1.807, 2.05) is 0 Å². The van der Waals surface area contributed by atoms with E-state index in [2.05, 4.69) is 35.9 Å². The van der Waals surface area contributed by atoms with Crippen LogP contribution in [0.15, 0.2) is 83.7 Å². The lowest BCUT2D eigenvalue weighted by Gasteiger charge is -2.29. The van der Waals surface area contributed by atoms with Crippen LogP contribution in [0.5, 0.6) is 0 Å². The van der Waals surface area contributed by atoms with Gasteiger partial charge in [-0.3, -0.25) is 9.59 Å². The third-order valence-corrected chi connectivity index (χ3v) is 4.86. The van der Waals surface area contributed by atoms with Gasteiger partial charge in [-0.25, -0.2) is 15.0 Å². The molecule has 4 rings (SSSR count). The maximum Gasteiger partial charge on any atom is 0.255 e. The molecule has 9 heteroatoms. The van der Waals surface area contributed by atoms with E-state index in [4.69, 9.17) is 0 Å². The van der Waals surface area contributed by atoms with Crippen LogP contribution >= 0.6 is 0 Å². The van der Waals surface area contributed by atoms with Crippen LogP contribution in [0.4, 0.5) is 11.6 Å². The van der Waals surface area contributed by atoms with Crippen LogP contribution in [0, 0.1) is 0 Å². The van der Waals surface area contributed by atoms with E-state index in [1.165, 1.54) is 0 Å². The highest BCUT2D eigenvalue weighted by Gasteiger charge is 2.38. The van der Waals surface area contributed by atoms with Crippen molar-refractivity contribution < 1.29 is 9.59 Å². The number of carbonyl (C=O) groups excluding carboxylic acids is 2. The molecule has 0 unspecified atom stereocenters. The number of aromatic nitrogens is 4. The average Bonchev–Trinajstić information content (AvgIpc) is 3.29. The Labute approximate surface area is 178 Å². The molecule has 1 aliphatic rings. The van der Waals surface area contributed by atoms with Crippen molar-refractivity contribution in [1.82, 2.24) is 25.3 Å². The molecule has 0 spiro atoms. The number of pyridine rings is 2. The molecular weight excluding hydrogens is 394 g/mol. The van der Waals surface area contributed by atoms with Gasteiger partial charge in [0.15, 0.2) is 0 Å². The van der Waals surface area contributed by atoms with Gasteiger partial charge in [-0.05, 0) is 38.1 Å². The second kappa shape index (κ2) is 8.62. The summed E-state index contributed by atoms with van der Waals surface area (Å²) >= 11 is 0. The first-order valence-corrected chi connectivity index (χ1v) is 9.67. The van der Waals surface area contributed by atoms with Gasteiger partial charge in [0.05, 0.1) is 17.1 Å². The first-order valence-electron chi connectivity index (χ1n) is 9.67. The van der Waals surface area contributed by atoms with Crippen molar-refractivity contribution in [1.29, 1.82) is 0 Å². The Morgan fingerprint density at radius 2 is 1.35 bits per heavy atom. The predicted octanol–water partition coefficient (Wildman–Crippen LogP) is 2.71. The Morgan fingerprint density at radius 3 is 1.77 bits per heavy atom. The zero-order chi connectivity index (χ0) is 21.8. The Kier molecular flexibility index (Phi) is 5.57. The Balaban J connectivity index is 1.72. The molecule has 3 aromatic rings. The maximum atomic E-state index is 13.3. The normalized spacial score (nSPS) is 14.3. The first kappa shape index (κ1) is 20.0. The summed E-state index contributed by atoms with van der Waals surface area (Å²) in [5, 5.41) is 8.76. The minimum atomic E-state index is -0.705. The number of hydrogen-bond donors (Lipinski definition) is 4. The molecule has 9 nitrogen and oxygen atoms in total. The van der Waals surface area contributed by atoms with Crippen LogP contribution in [0.1, 0.15) is 25.6 Å². The van der Waals surface area contributed by atoms with Crippen LogP contribution in [0.2, 0.25) is 0 Å². The van der Waals surface area contributed by atoms with Crippen molar-refractivity contribution in [2.75, 3.05) is 10.6 Å². The summed E-state index contributed by atoms with van der Waals surface area (Å²) in [6.45, 7) is 3.58. The number of dihydropyridines is 1. The summed E-state index contributed by atoms with van der Waals surface area (Å²) in [6.07, 6.45) is 6.43. The van der Waals surface area contributed by atoms with E-state index in [0.717, 1.165) is 0 Å². The number of nitrogens with one attached hydrogen (secondary N) is 4. The SMILES string of the molecule is CC1=C(C(=O)Nc2ccccn2)C(c2ncc[nH]2)C(C(=O)Nc2ccccn2)=C(C)N1. The summed E-state index contributed by atoms with van der Waals surface area (Å²) < 4.78 is 0. The second-order valence-electron chi connectivity index (χ2n) is 6.95. The molecule has 0 radical (unpaired) electrons. The minimum Gasteiger partial charge on any atom is -0.362 e. The monoisotopic (exact) mass is 415 g/mol. The molecule has 0 saturated carbocycles. The van der Waals surface area contributed by atoms with Gasteiger partial charge in [-0.15, -0.1) is 0 Å². The zero-order valence-corrected chi connectivity index (χ0v) is 17.0. The van der Waals surface area contributed by atoms with Gasteiger partial charge >= 0.3 is 0 Å². The third kappa shape index (κ3) is 4.20. The maximum absolute atomic E-state index is 13.3. The lowest BCUT2D eigenvalue weighted by molar-refractivity contribution is -0.113. The summed E-state index contributed by atoms with van der Waals surface area (Å²) in [5.41, 5.74) is 2.00. The van der Waals surface area contributed by atoms with Gasteiger partial charge < -0.3 is 20.9 Å². The Bertz CT molecular complexity index is 1080. The van der Waals surface area contributed by atoms with Gasteiger partial charge in [-0.1, -0.05) is 12.1 Å². The fourth-order valence-electron chi connectivity index (χ4n) is 3.55. The van der Waals surface area contributed by atoms with Gasteiger partial charge in [0.1, 0.15) is 17.5 Å². The van der Waals surface area contributed by atoms with Gasteiger partial charge in [0.2, 0.25) is 0 Å². The van der Waals surface area contributed by atoms with Crippen molar-refractivity contribution in [2.24, 2.45) is 0 Å². The molecule has 0 atom stereocenters. The highest BCUT2D eigenvalue weighted by Crippen LogP contribution is 2.37. The Morgan fingerprint density at radius 1 is 0.806 bits per heavy atom. The number of aromatic amines is 1. The van der Waals surface area contributed by atoms with Crippen LogP contribution in [-0.2, 0) is 9.59 Å². The van der Waals surface area contributed by atoms with E-state index in [0.29, 0.717) is 40.0 Å². The molecule has 31 heavy (non-hydrogen) atoms. The molecule has 4 heterocycles. The number of rotatable bonds is 5. The molecule has 0 bridgehead atoms. The fraction of sp³-hybridized carbons (Fsp3) is 0.136. The molecule has 156 valence electrons. The van der Waals surface area contributed by atoms with Gasteiger partial charge in [0, 0.05) is 36.2 Å². The number of amides is 2. The summed E-state index contributed by atoms with van der Waals surface area (Å²) in [5.74, 6) is -0.142. The largest absolute Gasteiger partial charge is 0.362 e. The third-order valence-electron chi connectivity index (χ3n) is 4.86. The van der Waals surface area contributed by atoms with Crippen molar-refractivity contribution in [3.63, 3.8) is 0 Å². The standard InChI is InChI=1S/C22H21N7O2/c1-13-17(21(30)28-15-7-3-5-9-23-15)19(20-25-11-12-26-20)18(14(2)27-13)22(31)29-16-8-4-6-10-24-16/h3-12,19,27H,1-2H3,(H,25,26)(H,23,28,30)(H,24,29,31). The highest BCUT2D eigenvalue weighted by atomic mass is 16.2. The smallest absolute Gasteiger partial charge is 0.255 e. The second-order valence-corrected chi connectivity index (χ2v) is 6.95. The van der Waals surface area contributed by atoms with Crippen molar-refractivity contribution in [3.8, 4) is 0 Å². The van der Waals surface area contributed by atoms with Crippen molar-refractivity contribution in [3.05, 3.63) is 89.6 Å². The molecule has 0 fully saturated rings. The topological polar surface area (TPSA) is 125 Å². The fourth-order valence-corrected chi connectivity index (χ4v) is 3.55. The lowest BCUT2D eigenvalue weighted by Crippen LogP contribution is -2.35. The van der Waals surface area contributed by atoms with Crippen LogP contribution in [0.3, 0.4) is 0 Å².